The van der Waals surface area contributed by atoms with Crippen molar-refractivity contribution in [2.45, 2.75) is 38.1 Å². The monoisotopic (exact) mass is 345 g/mol. The summed E-state index contributed by atoms with van der Waals surface area (Å²) in [5.74, 6) is -0.0539. The predicted octanol–water partition coefficient (Wildman–Crippen LogP) is 0.965. The molecular formula is C19H27N3O3. The van der Waals surface area contributed by atoms with E-state index in [0.717, 1.165) is 18.5 Å². The molecule has 1 aromatic carbocycles. The van der Waals surface area contributed by atoms with E-state index >= 15 is 0 Å². The normalized spacial score (nSPS) is 26.2. The standard InChI is InChI=1S/C19H27N3O3/c1-14-19(24)22-10-16(20(2)3)9-17(22)11-21(14)18(23)13-25-12-15-7-5-4-6-8-15/h4-8,14,16-17H,9-13H2,1-3H3/t14-,16-,17-/m0/s1. The maximum absolute atomic E-state index is 12.7. The van der Waals surface area contributed by atoms with Crippen LogP contribution >= 0.6 is 0 Å². The van der Waals surface area contributed by atoms with Crippen LogP contribution in [0.15, 0.2) is 30.3 Å². The molecule has 2 amide bonds. The molecule has 0 spiro atoms. The number of hydrogen-bond acceptors (Lipinski definition) is 4. The summed E-state index contributed by atoms with van der Waals surface area (Å²) in [6, 6.07) is 9.85. The van der Waals surface area contributed by atoms with Crippen LogP contribution in [0.1, 0.15) is 18.9 Å². The number of carbonyl (C=O) groups is 2. The molecule has 2 heterocycles. The average molecular weight is 345 g/mol. The third-order valence-corrected chi connectivity index (χ3v) is 5.30. The lowest BCUT2D eigenvalue weighted by atomic mass is 10.1. The molecule has 0 bridgehead atoms. The smallest absolute Gasteiger partial charge is 0.249 e. The largest absolute Gasteiger partial charge is 0.367 e. The molecule has 3 rings (SSSR count). The minimum Gasteiger partial charge on any atom is -0.367 e. The number of piperazine rings is 1. The van der Waals surface area contributed by atoms with Crippen LogP contribution in [0.2, 0.25) is 0 Å². The van der Waals surface area contributed by atoms with E-state index in [2.05, 4.69) is 4.90 Å². The van der Waals surface area contributed by atoms with Crippen LogP contribution in [0.4, 0.5) is 0 Å². The van der Waals surface area contributed by atoms with Crippen LogP contribution < -0.4 is 0 Å². The minimum absolute atomic E-state index is 0.0103. The Bertz CT molecular complexity index is 620. The molecule has 0 saturated carbocycles. The van der Waals surface area contributed by atoms with Crippen molar-refractivity contribution in [2.24, 2.45) is 0 Å². The van der Waals surface area contributed by atoms with E-state index in [4.69, 9.17) is 4.74 Å². The fourth-order valence-electron chi connectivity index (χ4n) is 3.70. The van der Waals surface area contributed by atoms with E-state index in [9.17, 15) is 9.59 Å². The van der Waals surface area contributed by atoms with Crippen molar-refractivity contribution in [2.75, 3.05) is 33.8 Å². The average Bonchev–Trinajstić information content (AvgIpc) is 3.03. The summed E-state index contributed by atoms with van der Waals surface area (Å²) in [4.78, 5) is 31.0. The number of rotatable bonds is 5. The Morgan fingerprint density at radius 1 is 1.24 bits per heavy atom. The van der Waals surface area contributed by atoms with Crippen molar-refractivity contribution in [3.63, 3.8) is 0 Å². The van der Waals surface area contributed by atoms with E-state index < -0.39 is 6.04 Å². The molecule has 0 aliphatic carbocycles. The molecule has 6 heteroatoms. The van der Waals surface area contributed by atoms with E-state index in [-0.39, 0.29) is 24.5 Å². The minimum atomic E-state index is -0.412. The maximum atomic E-state index is 12.7. The Labute approximate surface area is 149 Å². The van der Waals surface area contributed by atoms with Gasteiger partial charge in [-0.1, -0.05) is 30.3 Å². The van der Waals surface area contributed by atoms with E-state index in [1.54, 1.807) is 4.90 Å². The second-order valence-electron chi connectivity index (χ2n) is 7.20. The van der Waals surface area contributed by atoms with E-state index in [1.165, 1.54) is 0 Å². The highest BCUT2D eigenvalue weighted by Gasteiger charge is 2.45. The van der Waals surface area contributed by atoms with Crippen molar-refractivity contribution < 1.29 is 14.3 Å². The number of ether oxygens (including phenoxy) is 1. The molecule has 6 nitrogen and oxygen atoms in total. The number of fused-ring (bicyclic) bond motifs is 1. The highest BCUT2D eigenvalue weighted by Crippen LogP contribution is 2.27. The second kappa shape index (κ2) is 7.54. The molecule has 1 aromatic rings. The summed E-state index contributed by atoms with van der Waals surface area (Å²) in [5.41, 5.74) is 1.04. The van der Waals surface area contributed by atoms with Gasteiger partial charge >= 0.3 is 0 Å². The highest BCUT2D eigenvalue weighted by molar-refractivity contribution is 5.89. The Balaban J connectivity index is 1.56. The zero-order valence-electron chi connectivity index (χ0n) is 15.2. The molecule has 2 aliphatic rings. The third-order valence-electron chi connectivity index (χ3n) is 5.30. The van der Waals surface area contributed by atoms with Gasteiger partial charge in [0.2, 0.25) is 11.8 Å². The lowest BCUT2D eigenvalue weighted by molar-refractivity contribution is -0.155. The first kappa shape index (κ1) is 17.9. The Kier molecular flexibility index (Phi) is 5.39. The first-order valence-electron chi connectivity index (χ1n) is 8.85. The van der Waals surface area contributed by atoms with Crippen molar-refractivity contribution in [1.29, 1.82) is 0 Å². The predicted molar refractivity (Wildman–Crippen MR) is 94.9 cm³/mol. The SMILES string of the molecule is C[C@H]1C(=O)N2C[C@@H](N(C)C)C[C@H]2CN1C(=O)COCc1ccccc1. The van der Waals surface area contributed by atoms with Gasteiger partial charge in [-0.05, 0) is 33.0 Å². The van der Waals surface area contributed by atoms with Gasteiger partial charge in [0.25, 0.3) is 0 Å². The van der Waals surface area contributed by atoms with Crippen molar-refractivity contribution in [1.82, 2.24) is 14.7 Å². The number of nitrogens with zero attached hydrogens (tertiary/aromatic N) is 3. The molecule has 2 fully saturated rings. The Morgan fingerprint density at radius 2 is 1.96 bits per heavy atom. The summed E-state index contributed by atoms with van der Waals surface area (Å²) < 4.78 is 5.56. The molecule has 2 aliphatic heterocycles. The molecule has 0 unspecified atom stereocenters. The lowest BCUT2D eigenvalue weighted by Gasteiger charge is -2.41. The van der Waals surface area contributed by atoms with Gasteiger partial charge in [0.15, 0.2) is 0 Å². The van der Waals surface area contributed by atoms with Gasteiger partial charge in [0, 0.05) is 19.1 Å². The van der Waals surface area contributed by atoms with Crippen molar-refractivity contribution in [3.8, 4) is 0 Å². The first-order chi connectivity index (χ1) is 12.0. The summed E-state index contributed by atoms with van der Waals surface area (Å²) in [7, 11) is 4.08. The van der Waals surface area contributed by atoms with Crippen LogP contribution in [0.5, 0.6) is 0 Å². The topological polar surface area (TPSA) is 53.1 Å². The summed E-state index contributed by atoms with van der Waals surface area (Å²) >= 11 is 0. The summed E-state index contributed by atoms with van der Waals surface area (Å²) in [6.45, 7) is 3.59. The maximum Gasteiger partial charge on any atom is 0.249 e. The van der Waals surface area contributed by atoms with Crippen LogP contribution in [0, 0.1) is 0 Å². The molecule has 0 N–H and O–H groups in total. The summed E-state index contributed by atoms with van der Waals surface area (Å²) in [5, 5.41) is 0. The van der Waals surface area contributed by atoms with Gasteiger partial charge in [0.1, 0.15) is 12.6 Å². The van der Waals surface area contributed by atoms with Crippen molar-refractivity contribution >= 4 is 11.8 Å². The number of amides is 2. The number of carbonyl (C=O) groups excluding carboxylic acids is 2. The molecule has 0 aromatic heterocycles. The van der Waals surface area contributed by atoms with Gasteiger partial charge in [-0.15, -0.1) is 0 Å². The number of hydrogen-bond donors (Lipinski definition) is 0. The zero-order chi connectivity index (χ0) is 18.0. The van der Waals surface area contributed by atoms with Crippen LogP contribution in [-0.2, 0) is 20.9 Å². The molecule has 136 valence electrons. The fourth-order valence-corrected chi connectivity index (χ4v) is 3.70. The van der Waals surface area contributed by atoms with Gasteiger partial charge in [-0.25, -0.2) is 0 Å². The van der Waals surface area contributed by atoms with Crippen LogP contribution in [0.3, 0.4) is 0 Å². The Morgan fingerprint density at radius 3 is 2.64 bits per heavy atom. The Hall–Kier alpha value is -1.92. The third kappa shape index (κ3) is 3.85. The highest BCUT2D eigenvalue weighted by atomic mass is 16.5. The van der Waals surface area contributed by atoms with Gasteiger partial charge in [-0.3, -0.25) is 9.59 Å². The van der Waals surface area contributed by atoms with Crippen LogP contribution in [0.25, 0.3) is 0 Å². The quantitative estimate of drug-likeness (QED) is 0.798. The number of likely N-dealkylation sites (N-methyl/N-ethyl adjacent to an activating group) is 1. The number of benzene rings is 1. The second-order valence-corrected chi connectivity index (χ2v) is 7.20. The van der Waals surface area contributed by atoms with Gasteiger partial charge in [-0.2, -0.15) is 0 Å². The molecular weight excluding hydrogens is 318 g/mol. The van der Waals surface area contributed by atoms with Gasteiger partial charge < -0.3 is 19.4 Å². The van der Waals surface area contributed by atoms with Crippen molar-refractivity contribution in [3.05, 3.63) is 35.9 Å². The molecule has 25 heavy (non-hydrogen) atoms. The molecule has 3 atom stereocenters. The first-order valence-corrected chi connectivity index (χ1v) is 8.85. The fraction of sp³-hybridized carbons (Fsp3) is 0.579. The zero-order valence-corrected chi connectivity index (χ0v) is 15.2. The van der Waals surface area contributed by atoms with E-state index in [1.807, 2.05) is 56.3 Å². The molecule has 0 radical (unpaired) electrons. The lowest BCUT2D eigenvalue weighted by Crippen LogP contribution is -2.60. The molecule has 2 saturated heterocycles. The van der Waals surface area contributed by atoms with Gasteiger partial charge in [0.05, 0.1) is 12.6 Å². The van der Waals surface area contributed by atoms with Crippen LogP contribution in [-0.4, -0.2) is 78.4 Å². The summed E-state index contributed by atoms with van der Waals surface area (Å²) in [6.07, 6.45) is 0.917. The van der Waals surface area contributed by atoms with E-state index in [0.29, 0.717) is 19.2 Å².